The highest BCUT2D eigenvalue weighted by Gasteiger charge is 2.18. The Labute approximate surface area is 117 Å². The number of fused-ring (bicyclic) bond motifs is 1. The van der Waals surface area contributed by atoms with Crippen LogP contribution in [0, 0.1) is 0 Å². The third-order valence-corrected chi connectivity index (χ3v) is 3.67. The van der Waals surface area contributed by atoms with Crippen LogP contribution in [0.2, 0.25) is 0 Å². The van der Waals surface area contributed by atoms with Crippen LogP contribution >= 0.6 is 27.7 Å². The molecule has 18 heavy (non-hydrogen) atoms. The Kier molecular flexibility index (Phi) is 3.40. The second kappa shape index (κ2) is 5.02. The van der Waals surface area contributed by atoms with Crippen LogP contribution in [0.3, 0.4) is 0 Å². The van der Waals surface area contributed by atoms with E-state index in [2.05, 4.69) is 35.9 Å². The fourth-order valence-corrected chi connectivity index (χ4v) is 2.61. The lowest BCUT2D eigenvalue weighted by Gasteiger charge is -2.27. The summed E-state index contributed by atoms with van der Waals surface area (Å²) in [5.41, 5.74) is 0.808. The molecule has 2 aromatic heterocycles. The number of thioether (sulfide) groups is 1. The number of anilines is 1. The summed E-state index contributed by atoms with van der Waals surface area (Å²) in [4.78, 5) is 11.2. The van der Waals surface area contributed by atoms with E-state index < -0.39 is 0 Å². The lowest BCUT2D eigenvalue weighted by Crippen LogP contribution is -2.38. The minimum Gasteiger partial charge on any atom is -0.378 e. The summed E-state index contributed by atoms with van der Waals surface area (Å²) in [6.45, 7) is 3.11. The van der Waals surface area contributed by atoms with Crippen LogP contribution in [0.15, 0.2) is 15.8 Å². The molecule has 1 saturated heterocycles. The first-order valence-electron chi connectivity index (χ1n) is 5.58. The predicted molar refractivity (Wildman–Crippen MR) is 73.3 cm³/mol. The van der Waals surface area contributed by atoms with Gasteiger partial charge in [-0.25, -0.2) is 4.98 Å². The summed E-state index contributed by atoms with van der Waals surface area (Å²) >= 11 is 4.91. The third-order valence-electron chi connectivity index (χ3n) is 2.73. The maximum absolute atomic E-state index is 5.37. The van der Waals surface area contributed by atoms with Crippen LogP contribution in [0.5, 0.6) is 0 Å². The van der Waals surface area contributed by atoms with E-state index >= 15 is 0 Å². The van der Waals surface area contributed by atoms with Gasteiger partial charge in [0.1, 0.15) is 4.60 Å². The molecule has 1 fully saturated rings. The van der Waals surface area contributed by atoms with E-state index in [9.17, 15) is 0 Å². The Morgan fingerprint density at radius 2 is 2.11 bits per heavy atom. The summed E-state index contributed by atoms with van der Waals surface area (Å²) in [7, 11) is 0. The van der Waals surface area contributed by atoms with Crippen molar-refractivity contribution in [3.8, 4) is 0 Å². The van der Waals surface area contributed by atoms with Crippen LogP contribution < -0.4 is 4.90 Å². The molecule has 8 heteroatoms. The van der Waals surface area contributed by atoms with Gasteiger partial charge in [0.2, 0.25) is 5.95 Å². The van der Waals surface area contributed by atoms with Crippen LogP contribution in [-0.4, -0.2) is 52.1 Å². The molecular formula is C10H12BrN5OS. The fraction of sp³-hybridized carbons (Fsp3) is 0.500. The quantitative estimate of drug-likeness (QED) is 0.777. The molecule has 0 aliphatic carbocycles. The monoisotopic (exact) mass is 329 g/mol. The maximum Gasteiger partial charge on any atom is 0.231 e. The first-order valence-corrected chi connectivity index (χ1v) is 7.60. The molecule has 0 aromatic carbocycles. The molecule has 6 nitrogen and oxygen atoms in total. The topological polar surface area (TPSA) is 55.6 Å². The summed E-state index contributed by atoms with van der Waals surface area (Å²) in [5, 5.41) is 5.14. The minimum absolute atomic E-state index is 0.725. The highest BCUT2D eigenvalue weighted by Crippen LogP contribution is 2.21. The van der Waals surface area contributed by atoms with E-state index in [1.54, 1.807) is 4.52 Å². The Morgan fingerprint density at radius 3 is 2.83 bits per heavy atom. The number of aromatic nitrogens is 4. The van der Waals surface area contributed by atoms with Crippen molar-refractivity contribution in [2.45, 2.75) is 5.16 Å². The molecule has 3 rings (SSSR count). The van der Waals surface area contributed by atoms with E-state index in [1.165, 1.54) is 11.8 Å². The molecule has 0 amide bonds. The van der Waals surface area contributed by atoms with Gasteiger partial charge in [-0.3, -0.25) is 0 Å². The van der Waals surface area contributed by atoms with Crippen LogP contribution in [0.1, 0.15) is 0 Å². The van der Waals surface area contributed by atoms with E-state index in [0.29, 0.717) is 0 Å². The number of ether oxygens (including phenoxy) is 1. The number of hydrogen-bond acceptors (Lipinski definition) is 6. The number of rotatable bonds is 2. The highest BCUT2D eigenvalue weighted by atomic mass is 79.9. The van der Waals surface area contributed by atoms with Crippen molar-refractivity contribution < 1.29 is 4.74 Å². The van der Waals surface area contributed by atoms with Gasteiger partial charge in [-0.15, -0.1) is 0 Å². The average Bonchev–Trinajstić information content (AvgIpc) is 2.78. The van der Waals surface area contributed by atoms with Crippen molar-refractivity contribution in [1.29, 1.82) is 0 Å². The molecule has 2 aromatic rings. The largest absolute Gasteiger partial charge is 0.378 e. The van der Waals surface area contributed by atoms with Crippen molar-refractivity contribution in [3.63, 3.8) is 0 Å². The molecule has 0 saturated carbocycles. The number of nitrogens with zero attached hydrogens (tertiary/aromatic N) is 5. The van der Waals surface area contributed by atoms with Gasteiger partial charge in [0.05, 0.1) is 13.2 Å². The van der Waals surface area contributed by atoms with Gasteiger partial charge >= 0.3 is 0 Å². The van der Waals surface area contributed by atoms with Gasteiger partial charge < -0.3 is 9.64 Å². The first-order chi connectivity index (χ1) is 8.78. The van der Waals surface area contributed by atoms with Gasteiger partial charge in [0.15, 0.2) is 10.8 Å². The molecular weight excluding hydrogens is 318 g/mol. The molecule has 96 valence electrons. The van der Waals surface area contributed by atoms with Crippen molar-refractivity contribution in [3.05, 3.63) is 10.7 Å². The number of hydrogen-bond donors (Lipinski definition) is 0. The molecule has 0 atom stereocenters. The molecule has 0 radical (unpaired) electrons. The number of morpholine rings is 1. The molecule has 0 N–H and O–H groups in total. The third kappa shape index (κ3) is 2.19. The van der Waals surface area contributed by atoms with Crippen LogP contribution in [0.25, 0.3) is 5.65 Å². The lowest BCUT2D eigenvalue weighted by atomic mass is 10.4. The van der Waals surface area contributed by atoms with Crippen LogP contribution in [0.4, 0.5) is 5.95 Å². The standard InChI is InChI=1S/C10H12BrN5OS/c1-18-9-12-8-6-7(11)14-16(8)10(13-9)15-2-4-17-5-3-15/h6H,2-5H2,1H3. The zero-order chi connectivity index (χ0) is 12.5. The van der Waals surface area contributed by atoms with Crippen molar-refractivity contribution in [1.82, 2.24) is 19.6 Å². The van der Waals surface area contributed by atoms with Crippen LogP contribution in [-0.2, 0) is 4.74 Å². The highest BCUT2D eigenvalue weighted by molar-refractivity contribution is 9.10. The minimum atomic E-state index is 0.725. The van der Waals surface area contributed by atoms with E-state index in [4.69, 9.17) is 4.74 Å². The fourth-order valence-electron chi connectivity index (χ4n) is 1.89. The normalized spacial score (nSPS) is 16.4. The van der Waals surface area contributed by atoms with Crippen molar-refractivity contribution in [2.75, 3.05) is 37.5 Å². The van der Waals surface area contributed by atoms with Gasteiger partial charge in [-0.2, -0.15) is 14.6 Å². The summed E-state index contributed by atoms with van der Waals surface area (Å²) < 4.78 is 7.91. The molecule has 3 heterocycles. The predicted octanol–water partition coefficient (Wildman–Crippen LogP) is 1.45. The smallest absolute Gasteiger partial charge is 0.231 e. The Balaban J connectivity index is 2.12. The second-order valence-electron chi connectivity index (χ2n) is 3.85. The molecule has 0 unspecified atom stereocenters. The zero-order valence-electron chi connectivity index (χ0n) is 9.84. The average molecular weight is 330 g/mol. The van der Waals surface area contributed by atoms with Crippen molar-refractivity contribution >= 4 is 39.3 Å². The van der Waals surface area contributed by atoms with Gasteiger partial charge in [-0.05, 0) is 22.2 Å². The maximum atomic E-state index is 5.37. The Bertz CT molecular complexity index is 569. The SMILES string of the molecule is CSc1nc(N2CCOCC2)n2nc(Br)cc2n1. The van der Waals surface area contributed by atoms with Gasteiger partial charge in [-0.1, -0.05) is 11.8 Å². The second-order valence-corrected chi connectivity index (χ2v) is 5.43. The van der Waals surface area contributed by atoms with Gasteiger partial charge in [0.25, 0.3) is 0 Å². The summed E-state index contributed by atoms with van der Waals surface area (Å²) in [6.07, 6.45) is 1.97. The molecule has 0 spiro atoms. The number of halogens is 1. The first kappa shape index (κ1) is 12.2. The Hall–Kier alpha value is -0.860. The van der Waals surface area contributed by atoms with E-state index in [-0.39, 0.29) is 0 Å². The lowest BCUT2D eigenvalue weighted by molar-refractivity contribution is 0.121. The molecule has 1 aliphatic rings. The van der Waals surface area contributed by atoms with E-state index in [0.717, 1.165) is 47.7 Å². The summed E-state index contributed by atoms with van der Waals surface area (Å²) in [6, 6.07) is 1.89. The zero-order valence-corrected chi connectivity index (χ0v) is 12.2. The van der Waals surface area contributed by atoms with Crippen molar-refractivity contribution in [2.24, 2.45) is 0 Å². The molecule has 0 bridgehead atoms. The summed E-state index contributed by atoms with van der Waals surface area (Å²) in [5.74, 6) is 0.832. The molecule has 1 aliphatic heterocycles. The van der Waals surface area contributed by atoms with E-state index in [1.807, 2.05) is 12.3 Å². The Morgan fingerprint density at radius 1 is 1.33 bits per heavy atom. The van der Waals surface area contributed by atoms with Gasteiger partial charge in [0, 0.05) is 19.2 Å².